The van der Waals surface area contributed by atoms with Crippen LogP contribution in [0.1, 0.15) is 23.8 Å². The van der Waals surface area contributed by atoms with Gasteiger partial charge in [0.1, 0.15) is 0 Å². The highest BCUT2D eigenvalue weighted by Gasteiger charge is 2.30. The van der Waals surface area contributed by atoms with E-state index in [1.165, 1.54) is 0 Å². The molecule has 106 valence electrons. The topological polar surface area (TPSA) is 68.4 Å². The van der Waals surface area contributed by atoms with Gasteiger partial charge in [0, 0.05) is 16.6 Å². The van der Waals surface area contributed by atoms with Crippen LogP contribution in [-0.2, 0) is 4.74 Å². The maximum atomic E-state index is 9.98. The molecule has 5 nitrogen and oxygen atoms in total. The molecule has 0 amide bonds. The molecule has 1 N–H and O–H groups in total. The van der Waals surface area contributed by atoms with Crippen molar-refractivity contribution in [3.05, 3.63) is 34.1 Å². The van der Waals surface area contributed by atoms with Gasteiger partial charge in [-0.15, -0.1) is 0 Å². The molecule has 20 heavy (non-hydrogen) atoms. The van der Waals surface area contributed by atoms with Crippen molar-refractivity contribution in [1.82, 2.24) is 10.1 Å². The van der Waals surface area contributed by atoms with Crippen LogP contribution in [0, 0.1) is 6.92 Å². The van der Waals surface area contributed by atoms with Crippen molar-refractivity contribution in [3.8, 4) is 11.4 Å². The fourth-order valence-electron chi connectivity index (χ4n) is 2.34. The van der Waals surface area contributed by atoms with Gasteiger partial charge >= 0.3 is 0 Å². The third kappa shape index (κ3) is 2.63. The average Bonchev–Trinajstić information content (AvgIpc) is 2.88. The Bertz CT molecular complexity index is 614. The highest BCUT2D eigenvalue weighted by molar-refractivity contribution is 9.10. The highest BCUT2D eigenvalue weighted by atomic mass is 79.9. The summed E-state index contributed by atoms with van der Waals surface area (Å²) >= 11 is 3.43. The standard InChI is InChI=1S/C14H15BrN2O3/c1-8-6-9(15)2-3-10(8)13-16-14(20-17-13)11-7-19-5-4-12(11)18/h2-3,6,11-12,18H,4-5,7H2,1H3. The van der Waals surface area contributed by atoms with Crippen LogP contribution < -0.4 is 0 Å². The number of aliphatic hydroxyl groups is 1. The third-order valence-electron chi connectivity index (χ3n) is 3.51. The van der Waals surface area contributed by atoms with Gasteiger partial charge in [-0.25, -0.2) is 0 Å². The normalized spacial score (nSPS) is 22.9. The second-order valence-electron chi connectivity index (χ2n) is 4.95. The van der Waals surface area contributed by atoms with Gasteiger partial charge in [0.05, 0.1) is 18.6 Å². The van der Waals surface area contributed by atoms with Crippen molar-refractivity contribution in [2.24, 2.45) is 0 Å². The minimum atomic E-state index is -0.483. The van der Waals surface area contributed by atoms with Crippen LogP contribution in [0.3, 0.4) is 0 Å². The first-order chi connectivity index (χ1) is 9.65. The average molecular weight is 339 g/mol. The Labute approximate surface area is 125 Å². The number of hydrogen-bond donors (Lipinski definition) is 1. The van der Waals surface area contributed by atoms with Crippen LogP contribution in [0.2, 0.25) is 0 Å². The lowest BCUT2D eigenvalue weighted by Crippen LogP contribution is -2.30. The first-order valence-electron chi connectivity index (χ1n) is 6.51. The molecule has 2 unspecified atom stereocenters. The molecule has 0 spiro atoms. The smallest absolute Gasteiger partial charge is 0.235 e. The van der Waals surface area contributed by atoms with E-state index in [2.05, 4.69) is 26.1 Å². The summed E-state index contributed by atoms with van der Waals surface area (Å²) < 4.78 is 11.7. The van der Waals surface area contributed by atoms with Crippen LogP contribution in [0.4, 0.5) is 0 Å². The van der Waals surface area contributed by atoms with Gasteiger partial charge in [0.25, 0.3) is 0 Å². The predicted octanol–water partition coefficient (Wildman–Crippen LogP) is 2.67. The summed E-state index contributed by atoms with van der Waals surface area (Å²) in [7, 11) is 0. The number of aromatic nitrogens is 2. The molecular weight excluding hydrogens is 324 g/mol. The van der Waals surface area contributed by atoms with E-state index in [4.69, 9.17) is 9.26 Å². The molecule has 2 heterocycles. The van der Waals surface area contributed by atoms with Gasteiger partial charge < -0.3 is 14.4 Å². The molecule has 1 aromatic carbocycles. The summed E-state index contributed by atoms with van der Waals surface area (Å²) in [5, 5.41) is 14.0. The molecule has 1 saturated heterocycles. The molecule has 2 aromatic rings. The number of aryl methyl sites for hydroxylation is 1. The van der Waals surface area contributed by atoms with E-state index in [1.807, 2.05) is 25.1 Å². The molecule has 3 rings (SSSR count). The first kappa shape index (κ1) is 13.7. The highest BCUT2D eigenvalue weighted by Crippen LogP contribution is 2.28. The number of rotatable bonds is 2. The summed E-state index contributed by atoms with van der Waals surface area (Å²) in [6.45, 7) is 2.99. The van der Waals surface area contributed by atoms with E-state index in [1.54, 1.807) is 0 Å². The molecular formula is C14H15BrN2O3. The van der Waals surface area contributed by atoms with Crippen molar-refractivity contribution >= 4 is 15.9 Å². The molecule has 1 fully saturated rings. The number of benzene rings is 1. The Hall–Kier alpha value is -1.24. The quantitative estimate of drug-likeness (QED) is 0.911. The SMILES string of the molecule is Cc1cc(Br)ccc1-c1noc(C2COCCC2O)n1. The van der Waals surface area contributed by atoms with Gasteiger partial charge in [-0.3, -0.25) is 0 Å². The monoisotopic (exact) mass is 338 g/mol. The fourth-order valence-corrected chi connectivity index (χ4v) is 2.81. The lowest BCUT2D eigenvalue weighted by atomic mass is 9.99. The van der Waals surface area contributed by atoms with E-state index in [0.717, 1.165) is 15.6 Å². The Morgan fingerprint density at radius 1 is 1.40 bits per heavy atom. The van der Waals surface area contributed by atoms with E-state index in [0.29, 0.717) is 31.3 Å². The summed E-state index contributed by atoms with van der Waals surface area (Å²) in [6.07, 6.45) is 0.114. The number of aliphatic hydroxyl groups excluding tert-OH is 1. The van der Waals surface area contributed by atoms with Gasteiger partial charge in [0.15, 0.2) is 0 Å². The molecule has 1 aliphatic heterocycles. The molecule has 2 atom stereocenters. The molecule has 1 aromatic heterocycles. The Balaban J connectivity index is 1.89. The number of nitrogens with zero attached hydrogens (tertiary/aromatic N) is 2. The fraction of sp³-hybridized carbons (Fsp3) is 0.429. The zero-order valence-corrected chi connectivity index (χ0v) is 12.6. The van der Waals surface area contributed by atoms with Crippen LogP contribution in [0.15, 0.2) is 27.2 Å². The van der Waals surface area contributed by atoms with Crippen LogP contribution in [-0.4, -0.2) is 34.6 Å². The molecule has 0 aliphatic carbocycles. The maximum Gasteiger partial charge on any atom is 0.235 e. The summed E-state index contributed by atoms with van der Waals surface area (Å²) in [5.41, 5.74) is 1.99. The Kier molecular flexibility index (Phi) is 3.87. The lowest BCUT2D eigenvalue weighted by molar-refractivity contribution is -0.0149. The predicted molar refractivity (Wildman–Crippen MR) is 76.4 cm³/mol. The van der Waals surface area contributed by atoms with Crippen molar-refractivity contribution in [3.63, 3.8) is 0 Å². The van der Waals surface area contributed by atoms with Crippen LogP contribution in [0.25, 0.3) is 11.4 Å². The summed E-state index contributed by atoms with van der Waals surface area (Å²) in [4.78, 5) is 4.41. The number of halogens is 1. The lowest BCUT2D eigenvalue weighted by Gasteiger charge is -2.24. The van der Waals surface area contributed by atoms with Crippen molar-refractivity contribution < 1.29 is 14.4 Å². The van der Waals surface area contributed by atoms with Crippen molar-refractivity contribution in [2.75, 3.05) is 13.2 Å². The van der Waals surface area contributed by atoms with Crippen molar-refractivity contribution in [2.45, 2.75) is 25.4 Å². The molecule has 0 radical (unpaired) electrons. The second-order valence-corrected chi connectivity index (χ2v) is 5.87. The van der Waals surface area contributed by atoms with Crippen LogP contribution in [0.5, 0.6) is 0 Å². The zero-order valence-electron chi connectivity index (χ0n) is 11.0. The van der Waals surface area contributed by atoms with Crippen LogP contribution >= 0.6 is 15.9 Å². The van der Waals surface area contributed by atoms with Crippen molar-refractivity contribution in [1.29, 1.82) is 0 Å². The third-order valence-corrected chi connectivity index (χ3v) is 4.00. The minimum Gasteiger partial charge on any atom is -0.392 e. The zero-order chi connectivity index (χ0) is 14.1. The summed E-state index contributed by atoms with van der Waals surface area (Å²) in [6, 6.07) is 5.89. The van der Waals surface area contributed by atoms with E-state index < -0.39 is 6.10 Å². The molecule has 0 saturated carbocycles. The largest absolute Gasteiger partial charge is 0.392 e. The van der Waals surface area contributed by atoms with Gasteiger partial charge in [-0.05, 0) is 37.1 Å². The molecule has 6 heteroatoms. The Morgan fingerprint density at radius 2 is 2.25 bits per heavy atom. The number of hydrogen-bond acceptors (Lipinski definition) is 5. The minimum absolute atomic E-state index is 0.235. The van der Waals surface area contributed by atoms with E-state index in [-0.39, 0.29) is 5.92 Å². The summed E-state index contributed by atoms with van der Waals surface area (Å²) in [5.74, 6) is 0.748. The molecule has 0 bridgehead atoms. The van der Waals surface area contributed by atoms with Gasteiger partial charge in [-0.2, -0.15) is 4.98 Å². The second kappa shape index (κ2) is 5.63. The first-order valence-corrected chi connectivity index (χ1v) is 7.30. The van der Waals surface area contributed by atoms with E-state index >= 15 is 0 Å². The Morgan fingerprint density at radius 3 is 3.00 bits per heavy atom. The number of ether oxygens (including phenoxy) is 1. The molecule has 1 aliphatic rings. The van der Waals surface area contributed by atoms with E-state index in [9.17, 15) is 5.11 Å². The maximum absolute atomic E-state index is 9.98. The van der Waals surface area contributed by atoms with Gasteiger partial charge in [-0.1, -0.05) is 21.1 Å². The van der Waals surface area contributed by atoms with Gasteiger partial charge in [0.2, 0.25) is 11.7 Å².